The summed E-state index contributed by atoms with van der Waals surface area (Å²) in [7, 11) is 1.37. The summed E-state index contributed by atoms with van der Waals surface area (Å²) in [4.78, 5) is 20.0. The van der Waals surface area contributed by atoms with Crippen LogP contribution in [0.15, 0.2) is 0 Å². The summed E-state index contributed by atoms with van der Waals surface area (Å²) in [5.74, 6) is 0.875. The third-order valence-corrected chi connectivity index (χ3v) is 2.98. The molecule has 0 radical (unpaired) electrons. The Bertz CT molecular complexity index is 449. The van der Waals surface area contributed by atoms with Crippen LogP contribution < -0.4 is 5.32 Å². The number of carbonyl (C=O) groups is 1. The Balaban J connectivity index is 3.04. The molecule has 0 aromatic carbocycles. The summed E-state index contributed by atoms with van der Waals surface area (Å²) in [5.41, 5.74) is 0.719. The molecule has 0 aliphatic rings. The molecule has 0 spiro atoms. The molecule has 0 aliphatic heterocycles. The van der Waals surface area contributed by atoms with Crippen LogP contribution in [-0.2, 0) is 9.53 Å². The van der Waals surface area contributed by atoms with Gasteiger partial charge in [-0.25, -0.2) is 14.8 Å². The largest absolute Gasteiger partial charge is 0.467 e. The number of esters is 1. The van der Waals surface area contributed by atoms with E-state index in [2.05, 4.69) is 15.3 Å². The van der Waals surface area contributed by atoms with Gasteiger partial charge in [-0.3, -0.25) is 0 Å². The lowest BCUT2D eigenvalue weighted by molar-refractivity contribution is -0.142. The molecule has 0 saturated carbocycles. The predicted molar refractivity (Wildman–Crippen MR) is 70.8 cm³/mol. The molecule has 5 nitrogen and oxygen atoms in total. The number of carbonyl (C=O) groups excluding carboxylic acids is 1. The summed E-state index contributed by atoms with van der Waals surface area (Å²) in [6.07, 6.45) is 0. The molecule has 1 aromatic rings. The maximum Gasteiger partial charge on any atom is 0.328 e. The number of methoxy groups -OCH3 is 1. The second-order valence-electron chi connectivity index (χ2n) is 4.42. The molecule has 1 aromatic heterocycles. The molecule has 0 bridgehead atoms. The molecular weight excluding hydrogens is 254 g/mol. The van der Waals surface area contributed by atoms with Crippen molar-refractivity contribution in [1.29, 1.82) is 0 Å². The zero-order valence-electron chi connectivity index (χ0n) is 11.2. The van der Waals surface area contributed by atoms with Crippen molar-refractivity contribution in [1.82, 2.24) is 9.97 Å². The Kier molecular flexibility index (Phi) is 4.90. The lowest BCUT2D eigenvalue weighted by Crippen LogP contribution is -2.36. The van der Waals surface area contributed by atoms with Gasteiger partial charge in [0.15, 0.2) is 0 Å². The van der Waals surface area contributed by atoms with Gasteiger partial charge in [0.25, 0.3) is 0 Å². The first kappa shape index (κ1) is 14.7. The number of ether oxygens (including phenoxy) is 1. The molecular formula is C12H18ClN3O2. The Morgan fingerprint density at radius 3 is 2.44 bits per heavy atom. The molecule has 1 rings (SSSR count). The van der Waals surface area contributed by atoms with Crippen LogP contribution in [0.25, 0.3) is 0 Å². The summed E-state index contributed by atoms with van der Waals surface area (Å²) >= 11 is 5.99. The van der Waals surface area contributed by atoms with Crippen molar-refractivity contribution in [3.05, 3.63) is 16.5 Å². The predicted octanol–water partition coefficient (Wildman–Crippen LogP) is 2.36. The molecule has 1 N–H and O–H groups in total. The van der Waals surface area contributed by atoms with Crippen LogP contribution in [0.5, 0.6) is 0 Å². The van der Waals surface area contributed by atoms with Crippen molar-refractivity contribution < 1.29 is 9.53 Å². The number of aromatic nitrogens is 2. The number of hydrogen-bond donors (Lipinski definition) is 1. The highest BCUT2D eigenvalue weighted by molar-refractivity contribution is 6.30. The standard InChI is InChI=1S/C12H18ClN3O2/c1-6(2)9(12(17)18-5)16-11-7(3)10(13)14-8(4)15-11/h6,9H,1-5H3,(H,14,15,16). The Hall–Kier alpha value is -1.36. The first-order chi connectivity index (χ1) is 8.36. The van der Waals surface area contributed by atoms with Crippen LogP contribution in [0.4, 0.5) is 5.82 Å². The van der Waals surface area contributed by atoms with Gasteiger partial charge in [0, 0.05) is 5.56 Å². The maximum absolute atomic E-state index is 11.7. The topological polar surface area (TPSA) is 64.1 Å². The third kappa shape index (κ3) is 3.32. The quantitative estimate of drug-likeness (QED) is 0.673. The normalized spacial score (nSPS) is 12.4. The SMILES string of the molecule is COC(=O)C(Nc1nc(C)nc(Cl)c1C)C(C)C. The van der Waals surface area contributed by atoms with Crippen LogP contribution >= 0.6 is 11.6 Å². The zero-order valence-corrected chi connectivity index (χ0v) is 12.0. The molecule has 0 amide bonds. The van der Waals surface area contributed by atoms with Gasteiger partial charge in [-0.1, -0.05) is 25.4 Å². The van der Waals surface area contributed by atoms with E-state index < -0.39 is 6.04 Å². The third-order valence-electron chi connectivity index (χ3n) is 2.61. The van der Waals surface area contributed by atoms with Gasteiger partial charge in [0.1, 0.15) is 22.8 Å². The van der Waals surface area contributed by atoms with E-state index in [0.717, 1.165) is 5.56 Å². The number of rotatable bonds is 4. The molecule has 1 heterocycles. The molecule has 1 atom stereocenters. The number of hydrogen-bond acceptors (Lipinski definition) is 5. The summed E-state index contributed by atoms with van der Waals surface area (Å²) in [6.45, 7) is 7.41. The Morgan fingerprint density at radius 1 is 1.33 bits per heavy atom. The summed E-state index contributed by atoms with van der Waals surface area (Å²) in [6, 6.07) is -0.459. The lowest BCUT2D eigenvalue weighted by atomic mass is 10.0. The van der Waals surface area contributed by atoms with Gasteiger partial charge in [0.2, 0.25) is 0 Å². The molecule has 0 saturated heterocycles. The highest BCUT2D eigenvalue weighted by Crippen LogP contribution is 2.21. The molecule has 6 heteroatoms. The van der Waals surface area contributed by atoms with Crippen molar-refractivity contribution in [2.75, 3.05) is 12.4 Å². The Morgan fingerprint density at radius 2 is 1.94 bits per heavy atom. The van der Waals surface area contributed by atoms with E-state index in [-0.39, 0.29) is 11.9 Å². The summed E-state index contributed by atoms with van der Waals surface area (Å²) in [5, 5.41) is 3.46. The van der Waals surface area contributed by atoms with Gasteiger partial charge in [-0.05, 0) is 19.8 Å². The van der Waals surface area contributed by atoms with E-state index in [0.29, 0.717) is 16.8 Å². The fourth-order valence-electron chi connectivity index (χ4n) is 1.51. The number of anilines is 1. The van der Waals surface area contributed by atoms with Crippen molar-refractivity contribution in [2.24, 2.45) is 5.92 Å². The first-order valence-electron chi connectivity index (χ1n) is 5.72. The van der Waals surface area contributed by atoms with Gasteiger partial charge >= 0.3 is 5.97 Å². The minimum absolute atomic E-state index is 0.0749. The van der Waals surface area contributed by atoms with E-state index in [1.54, 1.807) is 13.8 Å². The van der Waals surface area contributed by atoms with Crippen molar-refractivity contribution in [2.45, 2.75) is 33.7 Å². The van der Waals surface area contributed by atoms with Gasteiger partial charge in [-0.15, -0.1) is 0 Å². The zero-order chi connectivity index (χ0) is 13.9. The van der Waals surface area contributed by atoms with Crippen molar-refractivity contribution >= 4 is 23.4 Å². The molecule has 1 unspecified atom stereocenters. The van der Waals surface area contributed by atoms with Crippen LogP contribution in [0.1, 0.15) is 25.2 Å². The van der Waals surface area contributed by atoms with Crippen LogP contribution in [-0.4, -0.2) is 29.1 Å². The number of nitrogens with zero attached hydrogens (tertiary/aromatic N) is 2. The maximum atomic E-state index is 11.7. The van der Waals surface area contributed by atoms with E-state index in [1.807, 2.05) is 13.8 Å². The number of aryl methyl sites for hydroxylation is 1. The lowest BCUT2D eigenvalue weighted by Gasteiger charge is -2.21. The number of halogens is 1. The molecule has 0 aliphatic carbocycles. The van der Waals surface area contributed by atoms with Crippen LogP contribution in [0, 0.1) is 19.8 Å². The molecule has 0 fully saturated rings. The van der Waals surface area contributed by atoms with Crippen LogP contribution in [0.3, 0.4) is 0 Å². The minimum atomic E-state index is -0.459. The van der Waals surface area contributed by atoms with E-state index in [1.165, 1.54) is 7.11 Å². The highest BCUT2D eigenvalue weighted by Gasteiger charge is 2.24. The van der Waals surface area contributed by atoms with E-state index >= 15 is 0 Å². The highest BCUT2D eigenvalue weighted by atomic mass is 35.5. The monoisotopic (exact) mass is 271 g/mol. The average molecular weight is 272 g/mol. The van der Waals surface area contributed by atoms with Gasteiger partial charge < -0.3 is 10.1 Å². The van der Waals surface area contributed by atoms with Crippen molar-refractivity contribution in [3.8, 4) is 0 Å². The molecule has 100 valence electrons. The van der Waals surface area contributed by atoms with E-state index in [4.69, 9.17) is 16.3 Å². The molecule has 18 heavy (non-hydrogen) atoms. The van der Waals surface area contributed by atoms with Crippen molar-refractivity contribution in [3.63, 3.8) is 0 Å². The fraction of sp³-hybridized carbons (Fsp3) is 0.583. The smallest absolute Gasteiger partial charge is 0.328 e. The average Bonchev–Trinajstić information content (AvgIpc) is 2.30. The Labute approximate surface area is 112 Å². The minimum Gasteiger partial charge on any atom is -0.467 e. The summed E-state index contributed by atoms with van der Waals surface area (Å²) < 4.78 is 4.77. The van der Waals surface area contributed by atoms with E-state index in [9.17, 15) is 4.79 Å². The second-order valence-corrected chi connectivity index (χ2v) is 4.78. The first-order valence-corrected chi connectivity index (χ1v) is 6.09. The fourth-order valence-corrected chi connectivity index (χ4v) is 1.72. The second kappa shape index (κ2) is 6.00. The van der Waals surface area contributed by atoms with Gasteiger partial charge in [-0.2, -0.15) is 0 Å². The van der Waals surface area contributed by atoms with Crippen LogP contribution in [0.2, 0.25) is 5.15 Å². The van der Waals surface area contributed by atoms with Gasteiger partial charge in [0.05, 0.1) is 7.11 Å². The number of nitrogens with one attached hydrogen (secondary N) is 1.